The molecule has 0 aliphatic rings. The van der Waals surface area contributed by atoms with Crippen LogP contribution in [0.4, 0.5) is 26.0 Å². The van der Waals surface area contributed by atoms with E-state index >= 15 is 0 Å². The van der Waals surface area contributed by atoms with E-state index in [1.807, 2.05) is 0 Å². The first-order chi connectivity index (χ1) is 14.1. The first kappa shape index (κ1) is 20.0. The topological polar surface area (TPSA) is 102 Å². The Morgan fingerprint density at radius 1 is 1.17 bits per heavy atom. The molecule has 7 nitrogen and oxygen atoms in total. The molecule has 1 amide bonds. The van der Waals surface area contributed by atoms with E-state index in [-0.39, 0.29) is 18.8 Å². The number of ether oxygens (including phenoxy) is 1. The van der Waals surface area contributed by atoms with Crippen LogP contribution in [0.15, 0.2) is 54.9 Å². The largest absolute Gasteiger partial charge is 0.489 e. The van der Waals surface area contributed by atoms with Crippen LogP contribution in [0.1, 0.15) is 16.1 Å². The molecule has 0 bridgehead atoms. The standard InChI is InChI=1S/C20H19F2N5O2/c21-7-9-29-15-4-6-18(26-12-15)20(28)27-14-3-5-16(22)13(10-14)11-25-17-2-1-8-24-19(17)23/h1-6,8,10,12,25H,7,9,11H2,(H2,23,24)(H,27,28). The van der Waals surface area contributed by atoms with E-state index in [0.29, 0.717) is 28.5 Å². The van der Waals surface area contributed by atoms with Gasteiger partial charge in [-0.2, -0.15) is 0 Å². The van der Waals surface area contributed by atoms with Gasteiger partial charge in [-0.15, -0.1) is 0 Å². The fourth-order valence-electron chi connectivity index (χ4n) is 2.50. The lowest BCUT2D eigenvalue weighted by molar-refractivity contribution is 0.102. The van der Waals surface area contributed by atoms with Crippen molar-refractivity contribution in [2.24, 2.45) is 0 Å². The first-order valence-corrected chi connectivity index (χ1v) is 8.76. The number of amides is 1. The smallest absolute Gasteiger partial charge is 0.274 e. The molecule has 150 valence electrons. The highest BCUT2D eigenvalue weighted by molar-refractivity contribution is 6.02. The summed E-state index contributed by atoms with van der Waals surface area (Å²) in [4.78, 5) is 20.3. The fraction of sp³-hybridized carbons (Fsp3) is 0.150. The maximum atomic E-state index is 14.1. The van der Waals surface area contributed by atoms with Crippen LogP contribution in [-0.2, 0) is 6.54 Å². The van der Waals surface area contributed by atoms with E-state index in [4.69, 9.17) is 10.5 Å². The van der Waals surface area contributed by atoms with Crippen LogP contribution in [0.25, 0.3) is 0 Å². The van der Waals surface area contributed by atoms with Crippen LogP contribution in [0, 0.1) is 5.82 Å². The molecular formula is C20H19F2N5O2. The summed E-state index contributed by atoms with van der Waals surface area (Å²) in [6.07, 6.45) is 2.90. The molecule has 0 aliphatic heterocycles. The molecule has 0 atom stereocenters. The van der Waals surface area contributed by atoms with Gasteiger partial charge in [-0.05, 0) is 42.5 Å². The minimum Gasteiger partial charge on any atom is -0.489 e. The SMILES string of the molecule is Nc1ncccc1NCc1cc(NC(=O)c2ccc(OCCF)cn2)ccc1F. The lowest BCUT2D eigenvalue weighted by Gasteiger charge is -2.11. The van der Waals surface area contributed by atoms with E-state index in [0.717, 1.165) is 0 Å². The van der Waals surface area contributed by atoms with E-state index in [1.165, 1.54) is 36.5 Å². The summed E-state index contributed by atoms with van der Waals surface area (Å²) >= 11 is 0. The second-order valence-electron chi connectivity index (χ2n) is 5.97. The predicted molar refractivity (Wildman–Crippen MR) is 106 cm³/mol. The van der Waals surface area contributed by atoms with Crippen molar-refractivity contribution >= 4 is 23.1 Å². The summed E-state index contributed by atoms with van der Waals surface area (Å²) in [6, 6.07) is 10.7. The van der Waals surface area contributed by atoms with E-state index in [1.54, 1.807) is 18.3 Å². The number of halogens is 2. The van der Waals surface area contributed by atoms with E-state index in [2.05, 4.69) is 20.6 Å². The molecule has 0 fully saturated rings. The van der Waals surface area contributed by atoms with Crippen molar-refractivity contribution in [1.29, 1.82) is 0 Å². The highest BCUT2D eigenvalue weighted by Crippen LogP contribution is 2.20. The number of nitrogens with one attached hydrogen (secondary N) is 2. The molecular weight excluding hydrogens is 380 g/mol. The van der Waals surface area contributed by atoms with Crippen LogP contribution >= 0.6 is 0 Å². The third-order valence-corrected chi connectivity index (χ3v) is 3.93. The minimum absolute atomic E-state index is 0.0791. The van der Waals surface area contributed by atoms with Crippen LogP contribution in [0.3, 0.4) is 0 Å². The summed E-state index contributed by atoms with van der Waals surface area (Å²) < 4.78 is 31.3. The quantitative estimate of drug-likeness (QED) is 0.537. The Bertz CT molecular complexity index is 983. The number of hydrogen-bond donors (Lipinski definition) is 3. The number of alkyl halides is 1. The number of nitrogens with zero attached hydrogens (tertiary/aromatic N) is 2. The molecule has 1 aromatic carbocycles. The van der Waals surface area contributed by atoms with Crippen molar-refractivity contribution in [2.75, 3.05) is 29.6 Å². The Hall–Kier alpha value is -3.75. The zero-order valence-electron chi connectivity index (χ0n) is 15.4. The van der Waals surface area contributed by atoms with Crippen molar-refractivity contribution in [3.8, 4) is 5.75 Å². The normalized spacial score (nSPS) is 10.4. The maximum Gasteiger partial charge on any atom is 0.274 e. The Morgan fingerprint density at radius 3 is 2.76 bits per heavy atom. The summed E-state index contributed by atoms with van der Waals surface area (Å²) in [6.45, 7) is -0.536. The van der Waals surface area contributed by atoms with Gasteiger partial charge < -0.3 is 21.1 Å². The van der Waals surface area contributed by atoms with Gasteiger partial charge in [0.1, 0.15) is 36.4 Å². The van der Waals surface area contributed by atoms with Gasteiger partial charge in [-0.25, -0.2) is 18.7 Å². The van der Waals surface area contributed by atoms with Crippen molar-refractivity contribution in [3.05, 3.63) is 71.9 Å². The molecule has 0 aliphatic carbocycles. The van der Waals surface area contributed by atoms with Gasteiger partial charge in [0.25, 0.3) is 5.91 Å². The third-order valence-electron chi connectivity index (χ3n) is 3.93. The first-order valence-electron chi connectivity index (χ1n) is 8.76. The van der Waals surface area contributed by atoms with Crippen molar-refractivity contribution < 1.29 is 18.3 Å². The number of nitrogen functional groups attached to an aromatic ring is 1. The Kier molecular flexibility index (Phi) is 6.51. The molecule has 4 N–H and O–H groups in total. The summed E-state index contributed by atoms with van der Waals surface area (Å²) in [5.74, 6) is -0.221. The fourth-order valence-corrected chi connectivity index (χ4v) is 2.50. The van der Waals surface area contributed by atoms with Gasteiger partial charge in [0.2, 0.25) is 0 Å². The van der Waals surface area contributed by atoms with Crippen molar-refractivity contribution in [1.82, 2.24) is 9.97 Å². The molecule has 0 radical (unpaired) electrons. The molecule has 0 unspecified atom stereocenters. The average molecular weight is 399 g/mol. The lowest BCUT2D eigenvalue weighted by atomic mass is 10.1. The Labute approximate surface area is 165 Å². The molecule has 0 saturated heterocycles. The number of benzene rings is 1. The minimum atomic E-state index is -0.614. The number of pyridine rings is 2. The molecule has 2 aromatic heterocycles. The van der Waals surface area contributed by atoms with Gasteiger partial charge in [-0.3, -0.25) is 4.79 Å². The highest BCUT2D eigenvalue weighted by atomic mass is 19.1. The highest BCUT2D eigenvalue weighted by Gasteiger charge is 2.11. The number of carbonyl (C=O) groups is 1. The molecule has 3 rings (SSSR count). The van der Waals surface area contributed by atoms with Crippen LogP contribution < -0.4 is 21.1 Å². The molecule has 0 saturated carbocycles. The van der Waals surface area contributed by atoms with Crippen LogP contribution in [-0.4, -0.2) is 29.2 Å². The number of aromatic nitrogens is 2. The van der Waals surface area contributed by atoms with Gasteiger partial charge in [0.05, 0.1) is 11.9 Å². The number of nitrogens with two attached hydrogens (primary N) is 1. The van der Waals surface area contributed by atoms with Gasteiger partial charge in [0, 0.05) is 24.0 Å². The number of rotatable bonds is 8. The Balaban J connectivity index is 1.66. The van der Waals surface area contributed by atoms with E-state index < -0.39 is 18.4 Å². The van der Waals surface area contributed by atoms with Crippen molar-refractivity contribution in [2.45, 2.75) is 6.54 Å². The number of carbonyl (C=O) groups excluding carboxylic acids is 1. The zero-order valence-corrected chi connectivity index (χ0v) is 15.4. The van der Waals surface area contributed by atoms with Crippen LogP contribution in [0.2, 0.25) is 0 Å². The molecule has 0 spiro atoms. The predicted octanol–water partition coefficient (Wildman–Crippen LogP) is 3.41. The molecule has 29 heavy (non-hydrogen) atoms. The average Bonchev–Trinajstić information content (AvgIpc) is 2.74. The number of hydrogen-bond acceptors (Lipinski definition) is 6. The monoisotopic (exact) mass is 399 g/mol. The molecule has 9 heteroatoms. The van der Waals surface area contributed by atoms with Gasteiger partial charge in [0.15, 0.2) is 0 Å². The second-order valence-corrected chi connectivity index (χ2v) is 5.97. The third kappa shape index (κ3) is 5.38. The summed E-state index contributed by atoms with van der Waals surface area (Å²) in [5.41, 5.74) is 7.24. The second kappa shape index (κ2) is 9.45. The zero-order chi connectivity index (χ0) is 20.6. The summed E-state index contributed by atoms with van der Waals surface area (Å²) in [7, 11) is 0. The molecule has 3 aromatic rings. The maximum absolute atomic E-state index is 14.1. The van der Waals surface area contributed by atoms with Crippen LogP contribution in [0.5, 0.6) is 5.75 Å². The van der Waals surface area contributed by atoms with Gasteiger partial charge >= 0.3 is 0 Å². The lowest BCUT2D eigenvalue weighted by Crippen LogP contribution is -2.14. The van der Waals surface area contributed by atoms with Crippen molar-refractivity contribution in [3.63, 3.8) is 0 Å². The Morgan fingerprint density at radius 2 is 2.03 bits per heavy atom. The molecule has 2 heterocycles. The van der Waals surface area contributed by atoms with E-state index in [9.17, 15) is 13.6 Å². The van der Waals surface area contributed by atoms with Gasteiger partial charge in [-0.1, -0.05) is 0 Å². The summed E-state index contributed by atoms with van der Waals surface area (Å²) in [5, 5.41) is 5.68. The number of anilines is 3.